The molecule has 1 unspecified atom stereocenters. The molecule has 16 heavy (non-hydrogen) atoms. The second kappa shape index (κ2) is 4.21. The molecule has 0 heterocycles. The highest BCUT2D eigenvalue weighted by Gasteiger charge is 2.21. The Morgan fingerprint density at radius 2 is 1.62 bits per heavy atom. The number of nitrogens with one attached hydrogen (secondary N) is 1. The molecule has 2 aliphatic carbocycles. The van der Waals surface area contributed by atoms with Crippen molar-refractivity contribution < 1.29 is 0 Å². The molecule has 1 N–H and O–H groups in total. The van der Waals surface area contributed by atoms with Crippen LogP contribution >= 0.6 is 0 Å². The first-order valence-corrected chi connectivity index (χ1v) is 6.70. The summed E-state index contributed by atoms with van der Waals surface area (Å²) in [6.07, 6.45) is 9.34. The van der Waals surface area contributed by atoms with Crippen molar-refractivity contribution in [2.24, 2.45) is 0 Å². The Bertz CT molecular complexity index is 395. The summed E-state index contributed by atoms with van der Waals surface area (Å²) in [5.74, 6) is 0. The predicted molar refractivity (Wildman–Crippen MR) is 67.8 cm³/mol. The first kappa shape index (κ1) is 10.3. The fourth-order valence-corrected chi connectivity index (χ4v) is 3.35. The summed E-state index contributed by atoms with van der Waals surface area (Å²) < 4.78 is 0. The van der Waals surface area contributed by atoms with Gasteiger partial charge in [-0.25, -0.2) is 0 Å². The van der Waals surface area contributed by atoms with E-state index in [1.165, 1.54) is 44.9 Å². The minimum Gasteiger partial charge on any atom is -0.313 e. The van der Waals surface area contributed by atoms with Crippen molar-refractivity contribution in [3.8, 4) is 0 Å². The molecular weight excluding hydrogens is 194 g/mol. The minimum absolute atomic E-state index is 0.607. The number of benzene rings is 1. The van der Waals surface area contributed by atoms with E-state index in [4.69, 9.17) is 0 Å². The van der Waals surface area contributed by atoms with Gasteiger partial charge in [-0.1, -0.05) is 12.1 Å². The lowest BCUT2D eigenvalue weighted by molar-refractivity contribution is 0.494. The summed E-state index contributed by atoms with van der Waals surface area (Å²) in [7, 11) is 2.10. The van der Waals surface area contributed by atoms with Crippen LogP contribution in [0, 0.1) is 0 Å². The average Bonchev–Trinajstić information content (AvgIpc) is 2.35. The zero-order chi connectivity index (χ0) is 11.0. The smallest absolute Gasteiger partial charge is 0.0320 e. The van der Waals surface area contributed by atoms with Crippen LogP contribution in [-0.4, -0.2) is 7.05 Å². The number of aryl methyl sites for hydroxylation is 3. The molecule has 86 valence electrons. The van der Waals surface area contributed by atoms with E-state index in [1.54, 1.807) is 22.3 Å². The van der Waals surface area contributed by atoms with Gasteiger partial charge in [-0.05, 0) is 74.2 Å². The van der Waals surface area contributed by atoms with Gasteiger partial charge in [0.2, 0.25) is 0 Å². The van der Waals surface area contributed by atoms with Gasteiger partial charge in [-0.2, -0.15) is 0 Å². The van der Waals surface area contributed by atoms with Gasteiger partial charge in [0.15, 0.2) is 0 Å². The Balaban J connectivity index is 2.05. The Hall–Kier alpha value is -0.820. The highest BCUT2D eigenvalue weighted by Crippen LogP contribution is 2.34. The van der Waals surface area contributed by atoms with Crippen molar-refractivity contribution in [1.29, 1.82) is 0 Å². The van der Waals surface area contributed by atoms with Crippen molar-refractivity contribution >= 4 is 0 Å². The monoisotopic (exact) mass is 215 g/mol. The molecule has 0 aliphatic heterocycles. The molecule has 0 saturated carbocycles. The molecule has 0 bridgehead atoms. The third kappa shape index (κ3) is 1.67. The lowest BCUT2D eigenvalue weighted by Gasteiger charge is -2.28. The molecule has 0 amide bonds. The number of fused-ring (bicyclic) bond motifs is 2. The SMILES string of the molecule is CNC1CCCc2cc3c(cc21)CCCC3. The lowest BCUT2D eigenvalue weighted by atomic mass is 9.81. The summed E-state index contributed by atoms with van der Waals surface area (Å²) in [5, 5.41) is 3.47. The average molecular weight is 215 g/mol. The van der Waals surface area contributed by atoms with Gasteiger partial charge in [0.25, 0.3) is 0 Å². The second-order valence-corrected chi connectivity index (χ2v) is 5.26. The Morgan fingerprint density at radius 1 is 0.938 bits per heavy atom. The summed E-state index contributed by atoms with van der Waals surface area (Å²) in [5.41, 5.74) is 6.48. The van der Waals surface area contributed by atoms with Gasteiger partial charge in [-0.15, -0.1) is 0 Å². The predicted octanol–water partition coefficient (Wildman–Crippen LogP) is 3.16. The van der Waals surface area contributed by atoms with Crippen molar-refractivity contribution in [2.75, 3.05) is 7.05 Å². The molecule has 1 heteroatoms. The van der Waals surface area contributed by atoms with Gasteiger partial charge in [0, 0.05) is 6.04 Å². The topological polar surface area (TPSA) is 12.0 Å². The molecule has 3 rings (SSSR count). The zero-order valence-corrected chi connectivity index (χ0v) is 10.2. The standard InChI is InChI=1S/C15H21N/c1-16-15-8-4-7-13-9-11-5-2-3-6-12(11)10-14(13)15/h9-10,15-16H,2-8H2,1H3. The maximum Gasteiger partial charge on any atom is 0.0320 e. The van der Waals surface area contributed by atoms with Crippen molar-refractivity contribution in [3.63, 3.8) is 0 Å². The fourth-order valence-electron chi connectivity index (χ4n) is 3.35. The van der Waals surface area contributed by atoms with Crippen LogP contribution < -0.4 is 5.32 Å². The molecular formula is C15H21N. The van der Waals surface area contributed by atoms with Crippen LogP contribution in [-0.2, 0) is 19.3 Å². The molecule has 1 aromatic carbocycles. The molecule has 0 saturated heterocycles. The Labute approximate surface area is 98.3 Å². The van der Waals surface area contributed by atoms with Gasteiger partial charge in [0.1, 0.15) is 0 Å². The zero-order valence-electron chi connectivity index (χ0n) is 10.2. The molecule has 1 aromatic rings. The third-order valence-corrected chi connectivity index (χ3v) is 4.27. The second-order valence-electron chi connectivity index (χ2n) is 5.26. The minimum atomic E-state index is 0.607. The van der Waals surface area contributed by atoms with Crippen LogP contribution in [0.3, 0.4) is 0 Å². The van der Waals surface area contributed by atoms with E-state index in [0.717, 1.165) is 0 Å². The van der Waals surface area contributed by atoms with Crippen LogP contribution in [0.5, 0.6) is 0 Å². The molecule has 2 aliphatic rings. The molecule has 0 spiro atoms. The molecule has 1 nitrogen and oxygen atoms in total. The fraction of sp³-hybridized carbons (Fsp3) is 0.600. The van der Waals surface area contributed by atoms with Gasteiger partial charge >= 0.3 is 0 Å². The lowest BCUT2D eigenvalue weighted by Crippen LogP contribution is -2.22. The Kier molecular flexibility index (Phi) is 2.72. The molecule has 0 aromatic heterocycles. The van der Waals surface area contributed by atoms with Crippen LogP contribution in [0.25, 0.3) is 0 Å². The van der Waals surface area contributed by atoms with Crippen molar-refractivity contribution in [1.82, 2.24) is 5.32 Å². The first-order chi connectivity index (χ1) is 7.88. The van der Waals surface area contributed by atoms with Crippen LogP contribution in [0.4, 0.5) is 0 Å². The maximum atomic E-state index is 3.47. The van der Waals surface area contributed by atoms with Crippen LogP contribution in [0.15, 0.2) is 12.1 Å². The normalized spacial score (nSPS) is 23.7. The van der Waals surface area contributed by atoms with E-state index in [9.17, 15) is 0 Å². The van der Waals surface area contributed by atoms with E-state index in [2.05, 4.69) is 24.5 Å². The van der Waals surface area contributed by atoms with Crippen LogP contribution in [0.2, 0.25) is 0 Å². The van der Waals surface area contributed by atoms with Crippen molar-refractivity contribution in [3.05, 3.63) is 34.4 Å². The van der Waals surface area contributed by atoms with E-state index in [-0.39, 0.29) is 0 Å². The summed E-state index contributed by atoms with van der Waals surface area (Å²) >= 11 is 0. The number of rotatable bonds is 1. The summed E-state index contributed by atoms with van der Waals surface area (Å²) in [4.78, 5) is 0. The van der Waals surface area contributed by atoms with Gasteiger partial charge in [0.05, 0.1) is 0 Å². The molecule has 0 fully saturated rings. The maximum absolute atomic E-state index is 3.47. The van der Waals surface area contributed by atoms with Gasteiger partial charge < -0.3 is 5.32 Å². The summed E-state index contributed by atoms with van der Waals surface area (Å²) in [6, 6.07) is 5.62. The van der Waals surface area contributed by atoms with E-state index < -0.39 is 0 Å². The quantitative estimate of drug-likeness (QED) is 0.758. The number of hydrogen-bond acceptors (Lipinski definition) is 1. The highest BCUT2D eigenvalue weighted by atomic mass is 14.9. The number of hydrogen-bond donors (Lipinski definition) is 1. The molecule has 1 atom stereocenters. The molecule has 0 radical (unpaired) electrons. The highest BCUT2D eigenvalue weighted by molar-refractivity contribution is 5.42. The van der Waals surface area contributed by atoms with Crippen molar-refractivity contribution in [2.45, 2.75) is 51.0 Å². The van der Waals surface area contributed by atoms with E-state index in [0.29, 0.717) is 6.04 Å². The van der Waals surface area contributed by atoms with Gasteiger partial charge in [-0.3, -0.25) is 0 Å². The first-order valence-electron chi connectivity index (χ1n) is 6.70. The third-order valence-electron chi connectivity index (χ3n) is 4.27. The van der Waals surface area contributed by atoms with Crippen LogP contribution in [0.1, 0.15) is 54.0 Å². The summed E-state index contributed by atoms with van der Waals surface area (Å²) in [6.45, 7) is 0. The Morgan fingerprint density at radius 3 is 2.38 bits per heavy atom. The largest absolute Gasteiger partial charge is 0.313 e. The van der Waals surface area contributed by atoms with E-state index in [1.807, 2.05) is 0 Å². The van der Waals surface area contributed by atoms with E-state index >= 15 is 0 Å².